The fourth-order valence-corrected chi connectivity index (χ4v) is 2.05. The molecule has 84 valence electrons. The van der Waals surface area contributed by atoms with Gasteiger partial charge in [-0.15, -0.1) is 0 Å². The molecule has 2 rings (SSSR count). The topological polar surface area (TPSA) is 36.3 Å². The van der Waals surface area contributed by atoms with Gasteiger partial charge in [0.1, 0.15) is 0 Å². The van der Waals surface area contributed by atoms with Crippen molar-refractivity contribution in [1.29, 1.82) is 0 Å². The predicted molar refractivity (Wildman–Crippen MR) is 59.3 cm³/mol. The van der Waals surface area contributed by atoms with Gasteiger partial charge in [0.2, 0.25) is 0 Å². The quantitative estimate of drug-likeness (QED) is 0.851. The largest absolute Gasteiger partial charge is 0.353 e. The zero-order chi connectivity index (χ0) is 10.7. The SMILES string of the molecule is CCOC1CCCC(n2cc(Br)cn2)O1. The minimum atomic E-state index is -0.0725. The van der Waals surface area contributed by atoms with Crippen LogP contribution in [0.3, 0.4) is 0 Å². The fourth-order valence-electron chi connectivity index (χ4n) is 1.75. The summed E-state index contributed by atoms with van der Waals surface area (Å²) >= 11 is 3.37. The van der Waals surface area contributed by atoms with Crippen molar-refractivity contribution in [3.63, 3.8) is 0 Å². The second kappa shape index (κ2) is 5.09. The smallest absolute Gasteiger partial charge is 0.160 e. The van der Waals surface area contributed by atoms with E-state index in [9.17, 15) is 0 Å². The molecule has 4 nitrogen and oxygen atoms in total. The Labute approximate surface area is 97.7 Å². The third kappa shape index (κ3) is 2.80. The maximum atomic E-state index is 5.78. The van der Waals surface area contributed by atoms with Gasteiger partial charge in [-0.3, -0.25) is 0 Å². The van der Waals surface area contributed by atoms with Gasteiger partial charge in [0.15, 0.2) is 12.5 Å². The standard InChI is InChI=1S/C10H15BrN2O2/c1-2-14-10-5-3-4-9(15-10)13-7-8(11)6-12-13/h6-7,9-10H,2-5H2,1H3. The van der Waals surface area contributed by atoms with Gasteiger partial charge in [0.05, 0.1) is 10.7 Å². The van der Waals surface area contributed by atoms with Crippen LogP contribution >= 0.6 is 15.9 Å². The van der Waals surface area contributed by atoms with Crippen LogP contribution < -0.4 is 0 Å². The number of aromatic nitrogens is 2. The molecular formula is C10H15BrN2O2. The van der Waals surface area contributed by atoms with E-state index in [0.717, 1.165) is 23.7 Å². The first-order valence-electron chi connectivity index (χ1n) is 5.26. The van der Waals surface area contributed by atoms with Gasteiger partial charge in [-0.2, -0.15) is 5.10 Å². The molecule has 1 aliphatic rings. The zero-order valence-corrected chi connectivity index (χ0v) is 10.3. The highest BCUT2D eigenvalue weighted by Crippen LogP contribution is 2.27. The molecular weight excluding hydrogens is 260 g/mol. The maximum Gasteiger partial charge on any atom is 0.160 e. The maximum absolute atomic E-state index is 5.78. The molecule has 1 fully saturated rings. The minimum Gasteiger partial charge on any atom is -0.353 e. The molecule has 2 unspecified atom stereocenters. The predicted octanol–water partition coefficient (Wildman–Crippen LogP) is 2.71. The Bertz CT molecular complexity index is 314. The first-order valence-corrected chi connectivity index (χ1v) is 6.05. The third-order valence-electron chi connectivity index (χ3n) is 2.42. The molecule has 0 aliphatic carbocycles. The molecule has 1 aliphatic heterocycles. The number of ether oxygens (including phenoxy) is 2. The third-order valence-corrected chi connectivity index (χ3v) is 2.83. The summed E-state index contributed by atoms with van der Waals surface area (Å²) in [4.78, 5) is 0. The van der Waals surface area contributed by atoms with Gasteiger partial charge in [-0.25, -0.2) is 4.68 Å². The van der Waals surface area contributed by atoms with Gasteiger partial charge < -0.3 is 9.47 Å². The van der Waals surface area contributed by atoms with Crippen LogP contribution in [-0.4, -0.2) is 22.7 Å². The fraction of sp³-hybridized carbons (Fsp3) is 0.700. The Morgan fingerprint density at radius 3 is 3.20 bits per heavy atom. The lowest BCUT2D eigenvalue weighted by atomic mass is 10.1. The Morgan fingerprint density at radius 1 is 1.67 bits per heavy atom. The molecule has 0 saturated carbocycles. The molecule has 1 saturated heterocycles. The van der Waals surface area contributed by atoms with E-state index >= 15 is 0 Å². The lowest BCUT2D eigenvalue weighted by Gasteiger charge is -2.29. The number of nitrogens with zero attached hydrogens (tertiary/aromatic N) is 2. The molecule has 0 aromatic carbocycles. The van der Waals surface area contributed by atoms with Crippen LogP contribution in [0.25, 0.3) is 0 Å². The highest BCUT2D eigenvalue weighted by atomic mass is 79.9. The Morgan fingerprint density at radius 2 is 2.53 bits per heavy atom. The van der Waals surface area contributed by atoms with E-state index in [0.29, 0.717) is 6.61 Å². The van der Waals surface area contributed by atoms with Crippen LogP contribution in [0, 0.1) is 0 Å². The molecule has 2 heterocycles. The molecule has 0 spiro atoms. The first kappa shape index (κ1) is 11.1. The Hall–Kier alpha value is -0.390. The van der Waals surface area contributed by atoms with Crippen molar-refractivity contribution in [3.05, 3.63) is 16.9 Å². The average Bonchev–Trinajstić information content (AvgIpc) is 2.66. The number of hydrogen-bond acceptors (Lipinski definition) is 3. The van der Waals surface area contributed by atoms with Crippen molar-refractivity contribution < 1.29 is 9.47 Å². The van der Waals surface area contributed by atoms with E-state index in [4.69, 9.17) is 9.47 Å². The van der Waals surface area contributed by atoms with Crippen LogP contribution in [0.15, 0.2) is 16.9 Å². The zero-order valence-electron chi connectivity index (χ0n) is 8.73. The summed E-state index contributed by atoms with van der Waals surface area (Å²) in [5.41, 5.74) is 0. The summed E-state index contributed by atoms with van der Waals surface area (Å²) in [5.74, 6) is 0. The van der Waals surface area contributed by atoms with Gasteiger partial charge in [-0.05, 0) is 42.1 Å². The Balaban J connectivity index is 1.98. The molecule has 5 heteroatoms. The summed E-state index contributed by atoms with van der Waals surface area (Å²) < 4.78 is 14.1. The highest BCUT2D eigenvalue weighted by Gasteiger charge is 2.24. The molecule has 0 N–H and O–H groups in total. The van der Waals surface area contributed by atoms with Gasteiger partial charge >= 0.3 is 0 Å². The monoisotopic (exact) mass is 274 g/mol. The second-order valence-electron chi connectivity index (χ2n) is 3.55. The summed E-state index contributed by atoms with van der Waals surface area (Å²) in [5, 5.41) is 4.22. The van der Waals surface area contributed by atoms with E-state index in [1.165, 1.54) is 0 Å². The number of rotatable bonds is 3. The first-order chi connectivity index (χ1) is 7.29. The Kier molecular flexibility index (Phi) is 3.77. The molecule has 0 radical (unpaired) electrons. The van der Waals surface area contributed by atoms with Crippen molar-refractivity contribution in [2.24, 2.45) is 0 Å². The van der Waals surface area contributed by atoms with Crippen LogP contribution in [0.2, 0.25) is 0 Å². The lowest BCUT2D eigenvalue weighted by Crippen LogP contribution is -2.28. The molecule has 2 atom stereocenters. The van der Waals surface area contributed by atoms with Gasteiger partial charge in [-0.1, -0.05) is 0 Å². The minimum absolute atomic E-state index is 0.0154. The van der Waals surface area contributed by atoms with Crippen LogP contribution in [0.5, 0.6) is 0 Å². The normalized spacial score (nSPS) is 26.8. The summed E-state index contributed by atoms with van der Waals surface area (Å²) in [7, 11) is 0. The van der Waals surface area contributed by atoms with E-state index < -0.39 is 0 Å². The average molecular weight is 275 g/mol. The van der Waals surface area contributed by atoms with Crippen molar-refractivity contribution in [2.45, 2.75) is 38.7 Å². The van der Waals surface area contributed by atoms with Crippen molar-refractivity contribution in [1.82, 2.24) is 9.78 Å². The summed E-state index contributed by atoms with van der Waals surface area (Å²) in [6, 6.07) is 0. The van der Waals surface area contributed by atoms with E-state index in [1.807, 2.05) is 17.8 Å². The molecule has 0 amide bonds. The lowest BCUT2D eigenvalue weighted by molar-refractivity contribution is -0.215. The highest BCUT2D eigenvalue weighted by molar-refractivity contribution is 9.10. The molecule has 15 heavy (non-hydrogen) atoms. The van der Waals surface area contributed by atoms with Crippen LogP contribution in [0.1, 0.15) is 32.4 Å². The van der Waals surface area contributed by atoms with Gasteiger partial charge in [0, 0.05) is 12.8 Å². The number of hydrogen-bond donors (Lipinski definition) is 0. The molecule has 0 bridgehead atoms. The number of halogens is 1. The second-order valence-corrected chi connectivity index (χ2v) is 4.46. The van der Waals surface area contributed by atoms with E-state index in [-0.39, 0.29) is 12.5 Å². The molecule has 1 aromatic rings. The van der Waals surface area contributed by atoms with E-state index in [1.54, 1.807) is 6.20 Å². The summed E-state index contributed by atoms with van der Waals surface area (Å²) in [6.45, 7) is 2.68. The van der Waals surface area contributed by atoms with Crippen LogP contribution in [-0.2, 0) is 9.47 Å². The van der Waals surface area contributed by atoms with Crippen molar-refractivity contribution in [2.75, 3.05) is 6.61 Å². The van der Waals surface area contributed by atoms with Gasteiger partial charge in [0.25, 0.3) is 0 Å². The molecule has 1 aromatic heterocycles. The van der Waals surface area contributed by atoms with Crippen molar-refractivity contribution in [3.8, 4) is 0 Å². The van der Waals surface area contributed by atoms with Crippen molar-refractivity contribution >= 4 is 15.9 Å². The summed E-state index contributed by atoms with van der Waals surface area (Å²) in [6.07, 6.45) is 6.74. The van der Waals surface area contributed by atoms with Crippen LogP contribution in [0.4, 0.5) is 0 Å². The van der Waals surface area contributed by atoms with E-state index in [2.05, 4.69) is 21.0 Å².